The van der Waals surface area contributed by atoms with Crippen molar-refractivity contribution in [2.45, 2.75) is 13.5 Å². The molecule has 0 saturated heterocycles. The highest BCUT2D eigenvalue weighted by Gasteiger charge is 2.06. The maximum absolute atomic E-state index is 12.2. The van der Waals surface area contributed by atoms with Crippen LogP contribution in [-0.2, 0) is 6.54 Å². The zero-order valence-electron chi connectivity index (χ0n) is 12.0. The van der Waals surface area contributed by atoms with Gasteiger partial charge < -0.3 is 11.1 Å². The minimum Gasteiger partial charge on any atom is -0.348 e. The molecule has 1 amide bonds. The largest absolute Gasteiger partial charge is 0.348 e. The molecule has 2 aromatic carbocycles. The molecule has 2 rings (SSSR count). The molecule has 0 spiro atoms. The van der Waals surface area contributed by atoms with Crippen LogP contribution >= 0.6 is 0 Å². The number of rotatable bonds is 3. The topological polar surface area (TPSA) is 55.1 Å². The Labute approximate surface area is 125 Å². The van der Waals surface area contributed by atoms with Gasteiger partial charge in [0.25, 0.3) is 5.91 Å². The number of amides is 1. The van der Waals surface area contributed by atoms with Crippen LogP contribution in [-0.4, -0.2) is 12.5 Å². The summed E-state index contributed by atoms with van der Waals surface area (Å²) >= 11 is 0. The number of carbonyl (C=O) groups is 1. The van der Waals surface area contributed by atoms with Crippen LogP contribution in [0.3, 0.4) is 0 Å². The molecule has 0 aliphatic heterocycles. The number of nitrogens with one attached hydrogen (secondary N) is 1. The first kappa shape index (κ1) is 14.8. The standard InChI is InChI=1S/C18H18N2O/c1-14-10-16(8-5-9-19)12-17(11-14)18(21)20-13-15-6-3-2-4-7-15/h2-4,6-7,10-12H,9,13,19H2,1H3,(H,20,21). The summed E-state index contributed by atoms with van der Waals surface area (Å²) in [7, 11) is 0. The first-order valence-corrected chi connectivity index (χ1v) is 6.82. The minimum absolute atomic E-state index is 0.0987. The van der Waals surface area contributed by atoms with E-state index in [4.69, 9.17) is 5.73 Å². The monoisotopic (exact) mass is 278 g/mol. The van der Waals surface area contributed by atoms with Gasteiger partial charge in [0.15, 0.2) is 0 Å². The van der Waals surface area contributed by atoms with E-state index in [0.29, 0.717) is 18.7 Å². The molecular formula is C18H18N2O. The number of aryl methyl sites for hydroxylation is 1. The van der Waals surface area contributed by atoms with Crippen molar-refractivity contribution in [1.82, 2.24) is 5.32 Å². The highest BCUT2D eigenvalue weighted by molar-refractivity contribution is 5.94. The van der Waals surface area contributed by atoms with E-state index in [1.165, 1.54) is 0 Å². The summed E-state index contributed by atoms with van der Waals surface area (Å²) < 4.78 is 0. The smallest absolute Gasteiger partial charge is 0.251 e. The van der Waals surface area contributed by atoms with Crippen molar-refractivity contribution in [3.8, 4) is 11.8 Å². The molecule has 0 saturated carbocycles. The molecule has 0 aliphatic carbocycles. The van der Waals surface area contributed by atoms with Gasteiger partial charge in [0.2, 0.25) is 0 Å². The second-order valence-electron chi connectivity index (χ2n) is 4.76. The van der Waals surface area contributed by atoms with E-state index >= 15 is 0 Å². The molecule has 0 unspecified atom stereocenters. The van der Waals surface area contributed by atoms with Crippen LogP contribution in [0.25, 0.3) is 0 Å². The maximum atomic E-state index is 12.2. The maximum Gasteiger partial charge on any atom is 0.251 e. The predicted octanol–water partition coefficient (Wildman–Crippen LogP) is 2.24. The van der Waals surface area contributed by atoms with Crippen LogP contribution in [0.5, 0.6) is 0 Å². The molecule has 3 nitrogen and oxygen atoms in total. The van der Waals surface area contributed by atoms with Gasteiger partial charge in [-0.3, -0.25) is 4.79 Å². The lowest BCUT2D eigenvalue weighted by Crippen LogP contribution is -2.22. The molecule has 3 heteroatoms. The Hall–Kier alpha value is -2.57. The first-order valence-electron chi connectivity index (χ1n) is 6.82. The number of carbonyl (C=O) groups excluding carboxylic acids is 1. The Morgan fingerprint density at radius 2 is 1.95 bits per heavy atom. The number of hydrogen-bond donors (Lipinski definition) is 2. The van der Waals surface area contributed by atoms with Crippen molar-refractivity contribution >= 4 is 5.91 Å². The van der Waals surface area contributed by atoms with Gasteiger partial charge in [-0.05, 0) is 36.2 Å². The normalized spacial score (nSPS) is 9.62. The quantitative estimate of drug-likeness (QED) is 0.846. The van der Waals surface area contributed by atoms with E-state index in [2.05, 4.69) is 17.2 Å². The first-order chi connectivity index (χ1) is 10.2. The summed E-state index contributed by atoms with van der Waals surface area (Å²) in [6.45, 7) is 2.77. The molecule has 21 heavy (non-hydrogen) atoms. The highest BCUT2D eigenvalue weighted by atomic mass is 16.1. The predicted molar refractivity (Wildman–Crippen MR) is 84.7 cm³/mol. The summed E-state index contributed by atoms with van der Waals surface area (Å²) in [6, 6.07) is 15.4. The average Bonchev–Trinajstić information content (AvgIpc) is 2.51. The Balaban J connectivity index is 2.10. The molecule has 0 aromatic heterocycles. The van der Waals surface area contributed by atoms with E-state index in [9.17, 15) is 4.79 Å². The minimum atomic E-state index is -0.0987. The van der Waals surface area contributed by atoms with Crippen LogP contribution in [0.4, 0.5) is 0 Å². The van der Waals surface area contributed by atoms with Crippen LogP contribution in [0.15, 0.2) is 48.5 Å². The zero-order valence-corrected chi connectivity index (χ0v) is 12.0. The van der Waals surface area contributed by atoms with Crippen molar-refractivity contribution in [2.75, 3.05) is 6.54 Å². The van der Waals surface area contributed by atoms with E-state index in [-0.39, 0.29) is 5.91 Å². The van der Waals surface area contributed by atoms with E-state index < -0.39 is 0 Å². The Morgan fingerprint density at radius 1 is 1.19 bits per heavy atom. The van der Waals surface area contributed by atoms with Crippen molar-refractivity contribution in [1.29, 1.82) is 0 Å². The third-order valence-corrected chi connectivity index (χ3v) is 2.97. The van der Waals surface area contributed by atoms with Crippen molar-refractivity contribution in [3.05, 3.63) is 70.8 Å². The van der Waals surface area contributed by atoms with E-state index in [1.807, 2.05) is 49.4 Å². The van der Waals surface area contributed by atoms with Crippen molar-refractivity contribution in [2.24, 2.45) is 5.73 Å². The summed E-state index contributed by atoms with van der Waals surface area (Å²) in [4.78, 5) is 12.2. The Morgan fingerprint density at radius 3 is 2.67 bits per heavy atom. The highest BCUT2D eigenvalue weighted by Crippen LogP contribution is 2.09. The fourth-order valence-electron chi connectivity index (χ4n) is 2.02. The molecule has 2 aromatic rings. The van der Waals surface area contributed by atoms with Gasteiger partial charge >= 0.3 is 0 Å². The molecule has 0 bridgehead atoms. The van der Waals surface area contributed by atoms with Crippen LogP contribution < -0.4 is 11.1 Å². The van der Waals surface area contributed by atoms with Gasteiger partial charge in [-0.2, -0.15) is 0 Å². The molecule has 0 atom stereocenters. The third-order valence-electron chi connectivity index (χ3n) is 2.97. The average molecular weight is 278 g/mol. The molecule has 0 fully saturated rings. The number of benzene rings is 2. The summed E-state index contributed by atoms with van der Waals surface area (Å²) in [6.07, 6.45) is 0. The number of hydrogen-bond acceptors (Lipinski definition) is 2. The lowest BCUT2D eigenvalue weighted by atomic mass is 10.1. The lowest BCUT2D eigenvalue weighted by molar-refractivity contribution is 0.0951. The SMILES string of the molecule is Cc1cc(C#CCN)cc(C(=O)NCc2ccccc2)c1. The molecule has 0 heterocycles. The summed E-state index contributed by atoms with van der Waals surface area (Å²) in [5.74, 6) is 5.66. The van der Waals surface area contributed by atoms with E-state index in [0.717, 1.165) is 16.7 Å². The lowest BCUT2D eigenvalue weighted by Gasteiger charge is -2.07. The van der Waals surface area contributed by atoms with E-state index in [1.54, 1.807) is 6.07 Å². The molecule has 106 valence electrons. The molecule has 3 N–H and O–H groups in total. The van der Waals surface area contributed by atoms with Crippen LogP contribution in [0.2, 0.25) is 0 Å². The fraction of sp³-hybridized carbons (Fsp3) is 0.167. The third kappa shape index (κ3) is 4.48. The van der Waals surface area contributed by atoms with Crippen LogP contribution in [0.1, 0.15) is 27.0 Å². The fourth-order valence-corrected chi connectivity index (χ4v) is 2.02. The van der Waals surface area contributed by atoms with Gasteiger partial charge in [-0.15, -0.1) is 0 Å². The summed E-state index contributed by atoms with van der Waals surface area (Å²) in [5.41, 5.74) is 8.87. The summed E-state index contributed by atoms with van der Waals surface area (Å²) in [5, 5.41) is 2.91. The van der Waals surface area contributed by atoms with Crippen molar-refractivity contribution < 1.29 is 4.79 Å². The van der Waals surface area contributed by atoms with Gasteiger partial charge in [0, 0.05) is 17.7 Å². The van der Waals surface area contributed by atoms with Gasteiger partial charge in [0.05, 0.1) is 6.54 Å². The van der Waals surface area contributed by atoms with Gasteiger partial charge in [-0.25, -0.2) is 0 Å². The number of nitrogens with two attached hydrogens (primary N) is 1. The van der Waals surface area contributed by atoms with Gasteiger partial charge in [0.1, 0.15) is 0 Å². The zero-order chi connectivity index (χ0) is 15.1. The molecular weight excluding hydrogens is 260 g/mol. The van der Waals surface area contributed by atoms with Crippen LogP contribution in [0, 0.1) is 18.8 Å². The Bertz CT molecular complexity index is 681. The second-order valence-corrected chi connectivity index (χ2v) is 4.76. The van der Waals surface area contributed by atoms with Crippen molar-refractivity contribution in [3.63, 3.8) is 0 Å². The molecule has 0 aliphatic rings. The Kier molecular flexibility index (Phi) is 5.14. The van der Waals surface area contributed by atoms with Gasteiger partial charge in [-0.1, -0.05) is 42.2 Å². The molecule has 0 radical (unpaired) electrons. The second kappa shape index (κ2) is 7.28.